The third-order valence-electron chi connectivity index (χ3n) is 2.91. The second-order valence-corrected chi connectivity index (χ2v) is 4.68. The van der Waals surface area contributed by atoms with Crippen LogP contribution in [-0.2, 0) is 0 Å². The highest BCUT2D eigenvalue weighted by atomic mass is 15.2. The zero-order valence-electron chi connectivity index (χ0n) is 11.8. The van der Waals surface area contributed by atoms with Crippen LogP contribution < -0.4 is 28.3 Å². The van der Waals surface area contributed by atoms with E-state index < -0.39 is 0 Å². The molecule has 0 aliphatic heterocycles. The van der Waals surface area contributed by atoms with Crippen molar-refractivity contribution in [2.24, 2.45) is 22.9 Å². The van der Waals surface area contributed by atoms with Crippen LogP contribution in [0.5, 0.6) is 0 Å². The van der Waals surface area contributed by atoms with Crippen LogP contribution in [0.25, 0.3) is 0 Å². The molecule has 0 radical (unpaired) electrons. The monoisotopic (exact) mass is 260 g/mol. The van der Waals surface area contributed by atoms with Crippen molar-refractivity contribution in [2.45, 2.75) is 44.9 Å². The maximum Gasteiger partial charge on any atom is 0.0599 e. The Morgan fingerprint density at radius 3 is 2.28 bits per heavy atom. The summed E-state index contributed by atoms with van der Waals surface area (Å²) in [5.74, 6) is 0. The van der Waals surface area contributed by atoms with Gasteiger partial charge in [0.15, 0.2) is 0 Å². The van der Waals surface area contributed by atoms with Gasteiger partial charge < -0.3 is 28.3 Å². The van der Waals surface area contributed by atoms with Gasteiger partial charge in [0.1, 0.15) is 0 Å². The predicted molar refractivity (Wildman–Crippen MR) is 77.8 cm³/mol. The molecule has 18 heavy (non-hydrogen) atoms. The Labute approximate surface area is 111 Å². The maximum atomic E-state index is 6.19. The lowest BCUT2D eigenvalue weighted by atomic mass is 10.2. The summed E-state index contributed by atoms with van der Waals surface area (Å²) in [4.78, 5) is 2.26. The first-order valence-corrected chi connectivity index (χ1v) is 7.04. The fourth-order valence-electron chi connectivity index (χ4n) is 1.91. The van der Waals surface area contributed by atoms with E-state index in [4.69, 9.17) is 22.9 Å². The largest absolute Gasteiger partial charge is 0.330 e. The SMILES string of the molecule is CCCN(CCCN)C(N)CC(N)NCCCN. The first kappa shape index (κ1) is 17.8. The van der Waals surface area contributed by atoms with Crippen molar-refractivity contribution in [3.8, 4) is 0 Å². The molecule has 6 heteroatoms. The lowest BCUT2D eigenvalue weighted by molar-refractivity contribution is 0.177. The van der Waals surface area contributed by atoms with Crippen molar-refractivity contribution in [1.82, 2.24) is 10.2 Å². The van der Waals surface area contributed by atoms with E-state index in [-0.39, 0.29) is 12.3 Å². The van der Waals surface area contributed by atoms with Crippen LogP contribution >= 0.6 is 0 Å². The van der Waals surface area contributed by atoms with E-state index in [2.05, 4.69) is 17.1 Å². The fraction of sp³-hybridized carbons (Fsp3) is 1.00. The molecule has 0 bridgehead atoms. The minimum Gasteiger partial charge on any atom is -0.330 e. The molecule has 2 unspecified atom stereocenters. The average molecular weight is 260 g/mol. The van der Waals surface area contributed by atoms with E-state index in [1.54, 1.807) is 0 Å². The maximum absolute atomic E-state index is 6.19. The second-order valence-electron chi connectivity index (χ2n) is 4.68. The smallest absolute Gasteiger partial charge is 0.0599 e. The normalized spacial score (nSPS) is 15.0. The molecule has 0 saturated carbocycles. The minimum atomic E-state index is -0.0659. The zero-order chi connectivity index (χ0) is 13.8. The average Bonchev–Trinajstić information content (AvgIpc) is 2.34. The fourth-order valence-corrected chi connectivity index (χ4v) is 1.91. The summed E-state index contributed by atoms with van der Waals surface area (Å²) in [6, 6.07) is 0. The molecule has 0 saturated heterocycles. The number of nitrogens with zero attached hydrogens (tertiary/aromatic N) is 1. The third kappa shape index (κ3) is 8.79. The van der Waals surface area contributed by atoms with Crippen LogP contribution in [0.15, 0.2) is 0 Å². The first-order chi connectivity index (χ1) is 8.65. The lowest BCUT2D eigenvalue weighted by Crippen LogP contribution is -2.50. The van der Waals surface area contributed by atoms with Crippen LogP contribution in [0, 0.1) is 0 Å². The summed E-state index contributed by atoms with van der Waals surface area (Å²) < 4.78 is 0. The van der Waals surface area contributed by atoms with Crippen molar-refractivity contribution in [1.29, 1.82) is 0 Å². The van der Waals surface area contributed by atoms with Gasteiger partial charge in [-0.2, -0.15) is 0 Å². The summed E-state index contributed by atoms with van der Waals surface area (Å²) in [7, 11) is 0. The van der Waals surface area contributed by atoms with E-state index in [1.807, 2.05) is 0 Å². The standard InChI is InChI=1S/C12H32N6/c1-2-8-18(9-4-6-14)12(16)10-11(15)17-7-3-5-13/h11-12,17H,2-10,13-16H2,1H3. The molecule has 0 aromatic heterocycles. The summed E-state index contributed by atoms with van der Waals surface area (Å²) in [5, 5.41) is 3.23. The van der Waals surface area contributed by atoms with Crippen LogP contribution in [-0.4, -0.2) is 50.0 Å². The Morgan fingerprint density at radius 1 is 1.06 bits per heavy atom. The summed E-state index contributed by atoms with van der Waals surface area (Å²) in [5.41, 5.74) is 23.2. The highest BCUT2D eigenvalue weighted by molar-refractivity contribution is 4.71. The highest BCUT2D eigenvalue weighted by Crippen LogP contribution is 2.02. The number of nitrogens with one attached hydrogen (secondary N) is 1. The van der Waals surface area contributed by atoms with Crippen LogP contribution in [0.1, 0.15) is 32.6 Å². The van der Waals surface area contributed by atoms with Crippen molar-refractivity contribution >= 4 is 0 Å². The molecule has 0 amide bonds. The van der Waals surface area contributed by atoms with E-state index in [0.29, 0.717) is 13.1 Å². The quantitative estimate of drug-likeness (QED) is 0.225. The molecule has 0 heterocycles. The summed E-state index contributed by atoms with van der Waals surface area (Å²) in [6.07, 6.45) is 3.68. The molecule has 0 spiro atoms. The molecular weight excluding hydrogens is 228 g/mol. The molecule has 6 nitrogen and oxygen atoms in total. The number of hydrogen-bond donors (Lipinski definition) is 5. The van der Waals surface area contributed by atoms with Crippen molar-refractivity contribution in [2.75, 3.05) is 32.7 Å². The molecule has 0 aromatic carbocycles. The Kier molecular flexibility index (Phi) is 11.7. The van der Waals surface area contributed by atoms with Crippen LogP contribution in [0.3, 0.4) is 0 Å². The van der Waals surface area contributed by atoms with Gasteiger partial charge in [0.2, 0.25) is 0 Å². The molecule has 0 rings (SSSR count). The predicted octanol–water partition coefficient (Wildman–Crippen LogP) is -1.05. The number of nitrogens with two attached hydrogens (primary N) is 4. The number of hydrogen-bond acceptors (Lipinski definition) is 6. The van der Waals surface area contributed by atoms with Crippen LogP contribution in [0.4, 0.5) is 0 Å². The van der Waals surface area contributed by atoms with Gasteiger partial charge in [-0.3, -0.25) is 4.90 Å². The topological polar surface area (TPSA) is 119 Å². The lowest BCUT2D eigenvalue weighted by Gasteiger charge is -2.30. The molecular formula is C12H32N6. The van der Waals surface area contributed by atoms with Gasteiger partial charge in [-0.15, -0.1) is 0 Å². The molecule has 0 aliphatic rings. The van der Waals surface area contributed by atoms with Gasteiger partial charge in [0.05, 0.1) is 12.3 Å². The summed E-state index contributed by atoms with van der Waals surface area (Å²) >= 11 is 0. The number of rotatable bonds is 12. The molecule has 2 atom stereocenters. The van der Waals surface area contributed by atoms with Gasteiger partial charge >= 0.3 is 0 Å². The van der Waals surface area contributed by atoms with Gasteiger partial charge in [-0.1, -0.05) is 6.92 Å². The Balaban J connectivity index is 3.94. The van der Waals surface area contributed by atoms with E-state index in [0.717, 1.165) is 45.3 Å². The Morgan fingerprint density at radius 2 is 1.72 bits per heavy atom. The summed E-state index contributed by atoms with van der Waals surface area (Å²) in [6.45, 7) is 6.33. The van der Waals surface area contributed by atoms with Gasteiger partial charge in [-0.05, 0) is 45.4 Å². The molecule has 0 aliphatic carbocycles. The van der Waals surface area contributed by atoms with Gasteiger partial charge in [0, 0.05) is 13.0 Å². The molecule has 0 aromatic rings. The molecule has 0 fully saturated rings. The van der Waals surface area contributed by atoms with Crippen molar-refractivity contribution in [3.05, 3.63) is 0 Å². The van der Waals surface area contributed by atoms with Gasteiger partial charge in [-0.25, -0.2) is 0 Å². The first-order valence-electron chi connectivity index (χ1n) is 7.04. The van der Waals surface area contributed by atoms with E-state index >= 15 is 0 Å². The second kappa shape index (κ2) is 11.8. The van der Waals surface area contributed by atoms with E-state index in [1.165, 1.54) is 0 Å². The van der Waals surface area contributed by atoms with E-state index in [9.17, 15) is 0 Å². The zero-order valence-corrected chi connectivity index (χ0v) is 11.8. The van der Waals surface area contributed by atoms with Gasteiger partial charge in [0.25, 0.3) is 0 Å². The Hall–Kier alpha value is -0.240. The highest BCUT2D eigenvalue weighted by Gasteiger charge is 2.15. The molecule has 110 valence electrons. The minimum absolute atomic E-state index is 0.00289. The molecule has 9 N–H and O–H groups in total. The van der Waals surface area contributed by atoms with Crippen molar-refractivity contribution < 1.29 is 0 Å². The van der Waals surface area contributed by atoms with Crippen molar-refractivity contribution in [3.63, 3.8) is 0 Å². The van der Waals surface area contributed by atoms with Crippen LogP contribution in [0.2, 0.25) is 0 Å². The Bertz CT molecular complexity index is 178. The third-order valence-corrected chi connectivity index (χ3v) is 2.91.